The maximum Gasteiger partial charge on any atom is 0.150 e. The van der Waals surface area contributed by atoms with Crippen molar-refractivity contribution in [2.45, 2.75) is 0 Å². The van der Waals surface area contributed by atoms with E-state index < -0.39 is 0 Å². The zero-order valence-electron chi connectivity index (χ0n) is 8.89. The number of hydrogen-bond acceptors (Lipinski definition) is 3. The van der Waals surface area contributed by atoms with Gasteiger partial charge in [0.2, 0.25) is 0 Å². The van der Waals surface area contributed by atoms with E-state index in [9.17, 15) is 4.79 Å². The first-order valence-electron chi connectivity index (χ1n) is 5.24. The van der Waals surface area contributed by atoms with Crippen LogP contribution in [0.5, 0.6) is 0 Å². The van der Waals surface area contributed by atoms with Gasteiger partial charge in [-0.3, -0.25) is 4.79 Å². The van der Waals surface area contributed by atoms with Crippen molar-refractivity contribution in [1.29, 1.82) is 0 Å². The van der Waals surface area contributed by atoms with Gasteiger partial charge in [0, 0.05) is 24.2 Å². The number of benzene rings is 1. The smallest absolute Gasteiger partial charge is 0.150 e. The van der Waals surface area contributed by atoms with Gasteiger partial charge in [0.25, 0.3) is 0 Å². The van der Waals surface area contributed by atoms with Crippen LogP contribution in [0.2, 0.25) is 0 Å². The van der Waals surface area contributed by atoms with E-state index in [1.807, 2.05) is 18.2 Å². The van der Waals surface area contributed by atoms with Gasteiger partial charge in [-0.1, -0.05) is 36.5 Å². The molecule has 4 heteroatoms. The molecule has 0 saturated carbocycles. The first-order valence-corrected chi connectivity index (χ1v) is 5.65. The van der Waals surface area contributed by atoms with Crippen molar-refractivity contribution in [2.24, 2.45) is 0 Å². The van der Waals surface area contributed by atoms with E-state index in [-0.39, 0.29) is 0 Å². The van der Waals surface area contributed by atoms with Crippen LogP contribution in [0, 0.1) is 0 Å². The molecule has 16 heavy (non-hydrogen) atoms. The fraction of sp³-hybridized carbons (Fsp3) is 0.333. The summed E-state index contributed by atoms with van der Waals surface area (Å²) in [5, 5.41) is 0. The second-order valence-electron chi connectivity index (χ2n) is 3.61. The quantitative estimate of drug-likeness (QED) is 0.574. The number of ether oxygens (including phenoxy) is 1. The highest BCUT2D eigenvalue weighted by atomic mass is 32.1. The van der Waals surface area contributed by atoms with Gasteiger partial charge in [-0.05, 0) is 0 Å². The fourth-order valence-corrected chi connectivity index (χ4v) is 2.10. The molecule has 2 rings (SSSR count). The van der Waals surface area contributed by atoms with Gasteiger partial charge in [0.15, 0.2) is 6.29 Å². The van der Waals surface area contributed by atoms with Crippen LogP contribution in [0.25, 0.3) is 0 Å². The molecule has 1 heterocycles. The molecular weight excluding hydrogens is 222 g/mol. The van der Waals surface area contributed by atoms with E-state index in [0.29, 0.717) is 18.8 Å². The summed E-state index contributed by atoms with van der Waals surface area (Å²) >= 11 is 5.41. The lowest BCUT2D eigenvalue weighted by Gasteiger charge is -2.29. The van der Waals surface area contributed by atoms with Crippen LogP contribution in [0.4, 0.5) is 0 Å². The van der Waals surface area contributed by atoms with Gasteiger partial charge in [0.05, 0.1) is 13.2 Å². The highest BCUT2D eigenvalue weighted by Crippen LogP contribution is 2.12. The minimum Gasteiger partial charge on any atom is -0.378 e. The number of carbonyl (C=O) groups excluding carboxylic acids is 1. The number of hydrogen-bond donors (Lipinski definition) is 0. The van der Waals surface area contributed by atoms with Crippen LogP contribution >= 0.6 is 12.2 Å². The predicted molar refractivity (Wildman–Crippen MR) is 65.9 cm³/mol. The summed E-state index contributed by atoms with van der Waals surface area (Å²) in [6.07, 6.45) is 0.849. The monoisotopic (exact) mass is 235 g/mol. The lowest BCUT2D eigenvalue weighted by Crippen LogP contribution is -2.40. The Kier molecular flexibility index (Phi) is 3.64. The molecule has 0 bridgehead atoms. The third-order valence-corrected chi connectivity index (χ3v) is 3.09. The lowest BCUT2D eigenvalue weighted by molar-refractivity contribution is 0.0692. The molecule has 0 amide bonds. The van der Waals surface area contributed by atoms with E-state index in [2.05, 4.69) is 4.90 Å². The standard InChI is InChI=1S/C12H13NO2S/c14-9-10-3-1-2-4-11(10)12(16)13-5-7-15-8-6-13/h1-4,9H,5-8H2. The molecule has 1 aromatic carbocycles. The largest absolute Gasteiger partial charge is 0.378 e. The summed E-state index contributed by atoms with van der Waals surface area (Å²) in [4.78, 5) is 13.7. The zero-order valence-corrected chi connectivity index (χ0v) is 9.70. The van der Waals surface area contributed by atoms with E-state index in [0.717, 1.165) is 29.9 Å². The molecular formula is C12H13NO2S. The zero-order chi connectivity index (χ0) is 11.4. The normalized spacial score (nSPS) is 15.9. The summed E-state index contributed by atoms with van der Waals surface area (Å²) in [7, 11) is 0. The molecule has 0 aromatic heterocycles. The highest BCUT2D eigenvalue weighted by Gasteiger charge is 2.16. The molecule has 0 radical (unpaired) electrons. The second-order valence-corrected chi connectivity index (χ2v) is 4.00. The number of carbonyl (C=O) groups is 1. The molecule has 1 aliphatic rings. The third kappa shape index (κ3) is 2.28. The predicted octanol–water partition coefficient (Wildman–Crippen LogP) is 1.51. The minimum absolute atomic E-state index is 0.652. The second kappa shape index (κ2) is 5.18. The van der Waals surface area contributed by atoms with Crippen molar-refractivity contribution in [1.82, 2.24) is 4.90 Å². The van der Waals surface area contributed by atoms with Gasteiger partial charge >= 0.3 is 0 Å². The van der Waals surface area contributed by atoms with E-state index >= 15 is 0 Å². The summed E-state index contributed by atoms with van der Waals surface area (Å²) in [6, 6.07) is 7.42. The molecule has 1 fully saturated rings. The Morgan fingerprint density at radius 2 is 2.00 bits per heavy atom. The number of rotatable bonds is 2. The molecule has 0 spiro atoms. The van der Waals surface area contributed by atoms with Crippen molar-refractivity contribution in [3.63, 3.8) is 0 Å². The Morgan fingerprint density at radius 3 is 2.69 bits per heavy atom. The fourth-order valence-electron chi connectivity index (χ4n) is 1.73. The number of morpholine rings is 1. The molecule has 84 valence electrons. The molecule has 3 nitrogen and oxygen atoms in total. The first-order chi connectivity index (χ1) is 7.83. The maximum absolute atomic E-state index is 10.9. The number of thiocarbonyl (C=S) groups is 1. The van der Waals surface area contributed by atoms with Crippen molar-refractivity contribution < 1.29 is 9.53 Å². The van der Waals surface area contributed by atoms with Crippen LogP contribution in [-0.2, 0) is 4.74 Å². The Morgan fingerprint density at radius 1 is 1.31 bits per heavy atom. The van der Waals surface area contributed by atoms with Gasteiger partial charge in [-0.25, -0.2) is 0 Å². The molecule has 0 N–H and O–H groups in total. The Balaban J connectivity index is 2.22. The highest BCUT2D eigenvalue weighted by molar-refractivity contribution is 7.80. The van der Waals surface area contributed by atoms with Crippen LogP contribution in [0.1, 0.15) is 15.9 Å². The number of aldehydes is 1. The molecule has 0 aliphatic carbocycles. The van der Waals surface area contributed by atoms with Gasteiger partial charge < -0.3 is 9.64 Å². The van der Waals surface area contributed by atoms with E-state index in [4.69, 9.17) is 17.0 Å². The average Bonchev–Trinajstić information content (AvgIpc) is 2.39. The summed E-state index contributed by atoms with van der Waals surface area (Å²) in [5.74, 6) is 0. The first kappa shape index (κ1) is 11.2. The third-order valence-electron chi connectivity index (χ3n) is 2.62. The molecule has 1 aliphatic heterocycles. The average molecular weight is 235 g/mol. The van der Waals surface area contributed by atoms with Crippen LogP contribution < -0.4 is 0 Å². The van der Waals surface area contributed by atoms with Crippen molar-refractivity contribution in [3.8, 4) is 0 Å². The van der Waals surface area contributed by atoms with Crippen LogP contribution in [0.3, 0.4) is 0 Å². The molecule has 0 unspecified atom stereocenters. The molecule has 1 saturated heterocycles. The lowest BCUT2D eigenvalue weighted by atomic mass is 10.1. The van der Waals surface area contributed by atoms with Crippen LogP contribution in [0.15, 0.2) is 24.3 Å². The van der Waals surface area contributed by atoms with Crippen LogP contribution in [-0.4, -0.2) is 42.5 Å². The minimum atomic E-state index is 0.652. The Labute approximate surface area is 100 Å². The molecule has 1 aromatic rings. The van der Waals surface area contributed by atoms with E-state index in [1.54, 1.807) is 6.07 Å². The summed E-state index contributed by atoms with van der Waals surface area (Å²) < 4.78 is 5.27. The van der Waals surface area contributed by atoms with Crippen molar-refractivity contribution >= 4 is 23.5 Å². The van der Waals surface area contributed by atoms with E-state index in [1.165, 1.54) is 0 Å². The van der Waals surface area contributed by atoms with Crippen molar-refractivity contribution in [3.05, 3.63) is 35.4 Å². The summed E-state index contributed by atoms with van der Waals surface area (Å²) in [6.45, 7) is 2.99. The van der Waals surface area contributed by atoms with Gasteiger partial charge in [-0.2, -0.15) is 0 Å². The Hall–Kier alpha value is -1.26. The number of nitrogens with zero attached hydrogens (tertiary/aromatic N) is 1. The topological polar surface area (TPSA) is 29.5 Å². The maximum atomic E-state index is 10.9. The van der Waals surface area contributed by atoms with Crippen molar-refractivity contribution in [2.75, 3.05) is 26.3 Å². The molecule has 0 atom stereocenters. The van der Waals surface area contributed by atoms with Gasteiger partial charge in [0.1, 0.15) is 4.99 Å². The SMILES string of the molecule is O=Cc1ccccc1C(=S)N1CCOCC1. The Bertz CT molecular complexity index is 400. The van der Waals surface area contributed by atoms with Gasteiger partial charge in [-0.15, -0.1) is 0 Å². The summed E-state index contributed by atoms with van der Waals surface area (Å²) in [5.41, 5.74) is 1.49.